The van der Waals surface area contributed by atoms with Gasteiger partial charge >= 0.3 is 0 Å². The number of benzene rings is 4. The molecule has 1 N–H and O–H groups in total. The molecular weight excluding hydrogens is 460 g/mol. The van der Waals surface area contributed by atoms with E-state index in [1.807, 2.05) is 75.3 Å². The van der Waals surface area contributed by atoms with E-state index in [9.17, 15) is 4.79 Å². The molecule has 1 aromatic heterocycles. The zero-order valence-electron chi connectivity index (χ0n) is 21.5. The average molecular weight is 491 g/mol. The van der Waals surface area contributed by atoms with Crippen molar-refractivity contribution < 1.29 is 13.9 Å². The molecule has 1 amide bonds. The van der Waals surface area contributed by atoms with E-state index < -0.39 is 0 Å². The van der Waals surface area contributed by atoms with Gasteiger partial charge in [0.15, 0.2) is 0 Å². The van der Waals surface area contributed by atoms with Crippen molar-refractivity contribution >= 4 is 44.6 Å². The van der Waals surface area contributed by atoms with Crippen LogP contribution in [-0.2, 0) is 4.79 Å². The van der Waals surface area contributed by atoms with Crippen LogP contribution in [0.3, 0.4) is 0 Å². The van der Waals surface area contributed by atoms with E-state index in [1.165, 1.54) is 10.8 Å². The highest BCUT2D eigenvalue weighted by molar-refractivity contribution is 6.05. The Morgan fingerprint density at radius 3 is 2.46 bits per heavy atom. The number of hydrogen-bond donors (Lipinski definition) is 1. The largest absolute Gasteiger partial charge is 0.493 e. The Morgan fingerprint density at radius 1 is 0.973 bits per heavy atom. The van der Waals surface area contributed by atoms with Gasteiger partial charge in [0.1, 0.15) is 11.3 Å². The number of hydrogen-bond acceptors (Lipinski definition) is 4. The summed E-state index contributed by atoms with van der Waals surface area (Å²) in [5.41, 5.74) is 6.30. The topological polar surface area (TPSA) is 54.7 Å². The molecule has 0 fully saturated rings. The van der Waals surface area contributed by atoms with Crippen molar-refractivity contribution in [3.8, 4) is 16.9 Å². The average Bonchev–Trinajstić information content (AvgIpc) is 3.31. The summed E-state index contributed by atoms with van der Waals surface area (Å²) < 4.78 is 11.9. The minimum atomic E-state index is -0.195. The number of ether oxygens (including phenoxy) is 1. The summed E-state index contributed by atoms with van der Waals surface area (Å²) in [4.78, 5) is 14.9. The minimum absolute atomic E-state index is 0.195. The second-order valence-corrected chi connectivity index (χ2v) is 9.25. The quantitative estimate of drug-likeness (QED) is 0.237. The van der Waals surface area contributed by atoms with E-state index in [1.54, 1.807) is 12.3 Å². The fraction of sp³-hybridized carbons (Fsp3) is 0.156. The molecule has 5 nitrogen and oxygen atoms in total. The number of furan rings is 1. The molecule has 0 spiro atoms. The van der Waals surface area contributed by atoms with Gasteiger partial charge in [0.05, 0.1) is 12.9 Å². The molecule has 5 heteroatoms. The van der Waals surface area contributed by atoms with Crippen LogP contribution in [0.4, 0.5) is 11.4 Å². The molecule has 5 rings (SSSR count). The van der Waals surface area contributed by atoms with Crippen LogP contribution in [0.2, 0.25) is 0 Å². The normalized spacial score (nSPS) is 11.6. The summed E-state index contributed by atoms with van der Waals surface area (Å²) in [6.45, 7) is 4.38. The molecule has 0 bridgehead atoms. The van der Waals surface area contributed by atoms with Crippen molar-refractivity contribution in [3.05, 3.63) is 96.8 Å². The molecule has 0 atom stereocenters. The maximum absolute atomic E-state index is 12.9. The lowest BCUT2D eigenvalue weighted by Gasteiger charge is -2.13. The number of allylic oxidation sites excluding steroid dienone is 1. The number of carbonyl (C=O) groups excluding carboxylic acids is 1. The highest BCUT2D eigenvalue weighted by Crippen LogP contribution is 2.38. The summed E-state index contributed by atoms with van der Waals surface area (Å²) in [7, 11) is 3.97. The van der Waals surface area contributed by atoms with Crippen molar-refractivity contribution in [2.45, 2.75) is 13.8 Å². The Hall–Kier alpha value is -4.51. The Kier molecular flexibility index (Phi) is 6.69. The van der Waals surface area contributed by atoms with Gasteiger partial charge in [-0.2, -0.15) is 0 Å². The zero-order valence-corrected chi connectivity index (χ0v) is 21.5. The second kappa shape index (κ2) is 10.2. The number of nitrogens with zero attached hydrogens (tertiary/aromatic N) is 1. The highest BCUT2D eigenvalue weighted by Gasteiger charge is 2.16. The van der Waals surface area contributed by atoms with Gasteiger partial charge in [-0.1, -0.05) is 36.4 Å². The molecule has 0 aliphatic rings. The van der Waals surface area contributed by atoms with E-state index in [0.29, 0.717) is 12.4 Å². The lowest BCUT2D eigenvalue weighted by molar-refractivity contribution is -0.111. The number of fused-ring (bicyclic) bond motifs is 2. The van der Waals surface area contributed by atoms with Crippen LogP contribution in [0, 0.1) is 0 Å². The SMILES string of the molecule is CCOc1cc2occ(-c3ccc4ccccc4c3)c2cc1/C(C)=C/C(=O)Nc1ccc(N(C)C)cc1. The van der Waals surface area contributed by atoms with Crippen LogP contribution < -0.4 is 15.0 Å². The first-order valence-electron chi connectivity index (χ1n) is 12.4. The molecule has 0 saturated heterocycles. The van der Waals surface area contributed by atoms with E-state index in [0.717, 1.165) is 44.6 Å². The monoisotopic (exact) mass is 490 g/mol. The second-order valence-electron chi connectivity index (χ2n) is 9.25. The summed E-state index contributed by atoms with van der Waals surface area (Å²) in [5, 5.41) is 6.29. The fourth-order valence-electron chi connectivity index (χ4n) is 4.51. The molecule has 0 aliphatic carbocycles. The number of carbonyl (C=O) groups is 1. The van der Waals surface area contributed by atoms with Gasteiger partial charge < -0.3 is 19.4 Å². The van der Waals surface area contributed by atoms with Crippen molar-refractivity contribution in [1.82, 2.24) is 0 Å². The molecule has 186 valence electrons. The number of amides is 1. The molecule has 0 aliphatic heterocycles. The van der Waals surface area contributed by atoms with Gasteiger partial charge in [0.25, 0.3) is 0 Å². The van der Waals surface area contributed by atoms with Crippen LogP contribution >= 0.6 is 0 Å². The zero-order chi connectivity index (χ0) is 25.9. The molecule has 0 radical (unpaired) electrons. The minimum Gasteiger partial charge on any atom is -0.493 e. The Bertz CT molecular complexity index is 1610. The Morgan fingerprint density at radius 2 is 1.73 bits per heavy atom. The number of anilines is 2. The summed E-state index contributed by atoms with van der Waals surface area (Å²) in [5.74, 6) is 0.492. The van der Waals surface area contributed by atoms with Gasteiger partial charge in [-0.05, 0) is 72.2 Å². The maximum atomic E-state index is 12.9. The predicted molar refractivity (Wildman–Crippen MR) is 153 cm³/mol. The van der Waals surface area contributed by atoms with Crippen LogP contribution in [0.15, 0.2) is 95.6 Å². The van der Waals surface area contributed by atoms with Crippen LogP contribution in [0.1, 0.15) is 19.4 Å². The van der Waals surface area contributed by atoms with Crippen LogP contribution in [-0.4, -0.2) is 26.6 Å². The summed E-state index contributed by atoms with van der Waals surface area (Å²) >= 11 is 0. The van der Waals surface area contributed by atoms with Gasteiger partial charge in [-0.25, -0.2) is 0 Å². The molecule has 1 heterocycles. The molecular formula is C32H30N2O3. The van der Waals surface area contributed by atoms with E-state index in [4.69, 9.17) is 9.15 Å². The lowest BCUT2D eigenvalue weighted by atomic mass is 9.97. The van der Waals surface area contributed by atoms with E-state index in [2.05, 4.69) is 41.7 Å². The first-order chi connectivity index (χ1) is 17.9. The fourth-order valence-corrected chi connectivity index (χ4v) is 4.51. The standard InChI is InChI=1S/C32H30N2O3/c1-5-36-30-19-31-28(29(20-37-31)24-11-10-22-8-6-7-9-23(22)17-24)18-27(30)21(2)16-32(35)33-25-12-14-26(15-13-25)34(3)4/h6-20H,5H2,1-4H3,(H,33,35)/b21-16+. The van der Waals surface area contributed by atoms with Crippen molar-refractivity contribution in [3.63, 3.8) is 0 Å². The highest BCUT2D eigenvalue weighted by atomic mass is 16.5. The first kappa shape index (κ1) is 24.2. The number of rotatable bonds is 7. The summed E-state index contributed by atoms with van der Waals surface area (Å²) in [6, 6.07) is 26.4. The van der Waals surface area contributed by atoms with Crippen molar-refractivity contribution in [1.29, 1.82) is 0 Å². The van der Waals surface area contributed by atoms with Crippen molar-refractivity contribution in [2.24, 2.45) is 0 Å². The smallest absolute Gasteiger partial charge is 0.248 e. The molecule has 5 aromatic rings. The third kappa shape index (κ3) is 5.07. The Labute approximate surface area is 217 Å². The number of nitrogens with one attached hydrogen (secondary N) is 1. The first-order valence-corrected chi connectivity index (χ1v) is 12.4. The third-order valence-corrected chi connectivity index (χ3v) is 6.46. The molecule has 37 heavy (non-hydrogen) atoms. The van der Waals surface area contributed by atoms with Crippen molar-refractivity contribution in [2.75, 3.05) is 30.9 Å². The van der Waals surface area contributed by atoms with Gasteiger partial charge in [-0.3, -0.25) is 4.79 Å². The molecule has 0 saturated carbocycles. The molecule has 0 unspecified atom stereocenters. The van der Waals surface area contributed by atoms with Crippen LogP contribution in [0.25, 0.3) is 38.4 Å². The predicted octanol–water partition coefficient (Wildman–Crippen LogP) is 7.76. The van der Waals surface area contributed by atoms with Gasteiger partial charge in [0, 0.05) is 54.1 Å². The van der Waals surface area contributed by atoms with Gasteiger partial charge in [0.2, 0.25) is 5.91 Å². The van der Waals surface area contributed by atoms with E-state index >= 15 is 0 Å². The Balaban J connectivity index is 1.49. The van der Waals surface area contributed by atoms with E-state index in [-0.39, 0.29) is 5.91 Å². The summed E-state index contributed by atoms with van der Waals surface area (Å²) in [6.07, 6.45) is 3.40. The van der Waals surface area contributed by atoms with Crippen LogP contribution in [0.5, 0.6) is 5.75 Å². The third-order valence-electron chi connectivity index (χ3n) is 6.46. The lowest BCUT2D eigenvalue weighted by Crippen LogP contribution is -2.10. The maximum Gasteiger partial charge on any atom is 0.248 e. The van der Waals surface area contributed by atoms with Gasteiger partial charge in [-0.15, -0.1) is 0 Å². The molecule has 4 aromatic carbocycles.